The normalized spacial score (nSPS) is 9.93. The predicted molar refractivity (Wildman–Crippen MR) is 59.4 cm³/mol. The summed E-state index contributed by atoms with van der Waals surface area (Å²) in [5.74, 6) is 2.03. The molecule has 0 N–H and O–H groups in total. The van der Waals surface area contributed by atoms with Crippen LogP contribution in [0, 0.1) is 0 Å². The van der Waals surface area contributed by atoms with Gasteiger partial charge in [0, 0.05) is 33.8 Å². The summed E-state index contributed by atoms with van der Waals surface area (Å²) >= 11 is 7.61. The maximum atomic E-state index is 5.84. The van der Waals surface area contributed by atoms with Gasteiger partial charge in [-0.3, -0.25) is 0 Å². The van der Waals surface area contributed by atoms with Crippen LogP contribution < -0.4 is 0 Å². The van der Waals surface area contributed by atoms with Gasteiger partial charge >= 0.3 is 0 Å². The Hall–Kier alpha value is 0.538. The van der Waals surface area contributed by atoms with Gasteiger partial charge in [-0.2, -0.15) is 11.8 Å². The molecule has 1 aromatic heterocycles. The van der Waals surface area contributed by atoms with Crippen molar-refractivity contribution in [2.24, 2.45) is 0 Å². The molecular formula is C9H15ClN2PtS. The van der Waals surface area contributed by atoms with Gasteiger partial charge in [0.05, 0.1) is 5.75 Å². The average molecular weight is 414 g/mol. The van der Waals surface area contributed by atoms with E-state index in [1.165, 1.54) is 12.8 Å². The van der Waals surface area contributed by atoms with Crippen LogP contribution in [-0.2, 0) is 33.4 Å². The van der Waals surface area contributed by atoms with Crippen molar-refractivity contribution >= 4 is 23.4 Å². The number of halogens is 1. The third-order valence-electron chi connectivity index (χ3n) is 1.86. The zero-order valence-electron chi connectivity index (χ0n) is 8.40. The summed E-state index contributed by atoms with van der Waals surface area (Å²) in [7, 11) is 0. The molecule has 0 saturated heterocycles. The average Bonchev–Trinajstić information content (AvgIpc) is 2.44. The maximum absolute atomic E-state index is 5.84. The number of thioether (sulfide) groups is 1. The van der Waals surface area contributed by atoms with Crippen LogP contribution in [0.15, 0.2) is 6.20 Å². The van der Waals surface area contributed by atoms with E-state index in [9.17, 15) is 0 Å². The van der Waals surface area contributed by atoms with Crippen molar-refractivity contribution in [2.45, 2.75) is 32.1 Å². The van der Waals surface area contributed by atoms with Gasteiger partial charge in [0.15, 0.2) is 0 Å². The fraction of sp³-hybridized carbons (Fsp3) is 0.667. The largest absolute Gasteiger partial charge is 0.333 e. The molecule has 0 aliphatic rings. The number of hydrogen-bond donors (Lipinski definition) is 0. The minimum absolute atomic E-state index is 0. The van der Waals surface area contributed by atoms with Crippen LogP contribution >= 0.6 is 23.4 Å². The quantitative estimate of drug-likeness (QED) is 0.738. The molecule has 0 unspecified atom stereocenters. The van der Waals surface area contributed by atoms with Crippen molar-refractivity contribution < 1.29 is 21.1 Å². The van der Waals surface area contributed by atoms with E-state index in [2.05, 4.69) is 22.7 Å². The van der Waals surface area contributed by atoms with Crippen LogP contribution in [0.5, 0.6) is 0 Å². The number of unbranched alkanes of at least 4 members (excludes halogenated alkanes) is 1. The molecule has 0 bridgehead atoms. The number of rotatable bonds is 5. The van der Waals surface area contributed by atoms with Gasteiger partial charge in [0.2, 0.25) is 0 Å². The predicted octanol–water partition coefficient (Wildman–Crippen LogP) is 3.20. The molecule has 0 aliphatic carbocycles. The molecule has 0 saturated carbocycles. The van der Waals surface area contributed by atoms with Crippen molar-refractivity contribution in [3.8, 4) is 0 Å². The zero-order valence-corrected chi connectivity index (χ0v) is 12.2. The fourth-order valence-corrected chi connectivity index (χ4v) is 1.89. The molecule has 5 heteroatoms. The number of nitrogens with zero attached hydrogens (tertiary/aromatic N) is 2. The molecule has 1 heterocycles. The summed E-state index contributed by atoms with van der Waals surface area (Å²) in [5.41, 5.74) is 0. The number of aryl methyl sites for hydroxylation is 1. The van der Waals surface area contributed by atoms with Crippen LogP contribution in [0.3, 0.4) is 0 Å². The molecule has 2 nitrogen and oxygen atoms in total. The smallest absolute Gasteiger partial charge is 0.147 e. The molecule has 0 amide bonds. The van der Waals surface area contributed by atoms with Crippen molar-refractivity contribution in [1.29, 1.82) is 0 Å². The third-order valence-corrected chi connectivity index (χ3v) is 2.58. The maximum Gasteiger partial charge on any atom is 0.147 e. The molecular weight excluding hydrogens is 399 g/mol. The van der Waals surface area contributed by atoms with E-state index in [1.807, 2.05) is 6.20 Å². The van der Waals surface area contributed by atoms with Crippen LogP contribution in [0.25, 0.3) is 0 Å². The molecule has 0 aromatic carbocycles. The Morgan fingerprint density at radius 1 is 1.57 bits per heavy atom. The summed E-state index contributed by atoms with van der Waals surface area (Å²) in [6, 6.07) is 0. The Balaban J connectivity index is 0.00000169. The SMILES string of the molecule is CCCCn1cc(Cl)nc1CSC.[Pt]. The molecule has 1 aromatic rings. The second kappa shape index (κ2) is 7.78. The Morgan fingerprint density at radius 3 is 2.86 bits per heavy atom. The third kappa shape index (κ3) is 4.37. The van der Waals surface area contributed by atoms with E-state index in [4.69, 9.17) is 11.6 Å². The van der Waals surface area contributed by atoms with Crippen molar-refractivity contribution in [2.75, 3.05) is 6.26 Å². The van der Waals surface area contributed by atoms with E-state index >= 15 is 0 Å². The first-order valence-corrected chi connectivity index (χ1v) is 6.25. The summed E-state index contributed by atoms with van der Waals surface area (Å²) in [5, 5.41) is 0.611. The Morgan fingerprint density at radius 2 is 2.29 bits per heavy atom. The summed E-state index contributed by atoms with van der Waals surface area (Å²) in [4.78, 5) is 4.26. The van der Waals surface area contributed by atoms with Crippen LogP contribution in [0.4, 0.5) is 0 Å². The molecule has 0 radical (unpaired) electrons. The van der Waals surface area contributed by atoms with Gasteiger partial charge in [0.25, 0.3) is 0 Å². The van der Waals surface area contributed by atoms with Crippen LogP contribution in [0.2, 0.25) is 5.15 Å². The van der Waals surface area contributed by atoms with E-state index < -0.39 is 0 Å². The van der Waals surface area contributed by atoms with Crippen LogP contribution in [0.1, 0.15) is 25.6 Å². The topological polar surface area (TPSA) is 17.8 Å². The first-order chi connectivity index (χ1) is 6.27. The first-order valence-electron chi connectivity index (χ1n) is 4.48. The van der Waals surface area contributed by atoms with Gasteiger partial charge in [-0.1, -0.05) is 24.9 Å². The second-order valence-electron chi connectivity index (χ2n) is 2.96. The molecule has 1 rings (SSSR count). The number of hydrogen-bond acceptors (Lipinski definition) is 2. The number of aromatic nitrogens is 2. The van der Waals surface area contributed by atoms with Crippen LogP contribution in [-0.4, -0.2) is 15.8 Å². The minimum Gasteiger partial charge on any atom is -0.333 e. The summed E-state index contributed by atoms with van der Waals surface area (Å²) in [6.07, 6.45) is 6.39. The monoisotopic (exact) mass is 413 g/mol. The van der Waals surface area contributed by atoms with Gasteiger partial charge in [-0.05, 0) is 12.7 Å². The van der Waals surface area contributed by atoms with E-state index in [0.29, 0.717) is 5.15 Å². The molecule has 0 spiro atoms. The summed E-state index contributed by atoms with van der Waals surface area (Å²) < 4.78 is 2.16. The van der Waals surface area contributed by atoms with E-state index in [1.54, 1.807) is 11.8 Å². The first kappa shape index (κ1) is 14.5. The fourth-order valence-electron chi connectivity index (χ4n) is 1.19. The molecule has 0 aliphatic heterocycles. The van der Waals surface area contributed by atoms with E-state index in [0.717, 1.165) is 18.1 Å². The van der Waals surface area contributed by atoms with Crippen molar-refractivity contribution in [3.05, 3.63) is 17.2 Å². The van der Waals surface area contributed by atoms with Crippen molar-refractivity contribution in [3.63, 3.8) is 0 Å². The van der Waals surface area contributed by atoms with Gasteiger partial charge < -0.3 is 4.57 Å². The number of imidazole rings is 1. The molecule has 84 valence electrons. The zero-order chi connectivity index (χ0) is 9.68. The molecule has 0 fully saturated rings. The standard InChI is InChI=1S/C9H15ClN2S.Pt/c1-3-4-5-12-6-8(10)11-9(12)7-13-2;/h6H,3-5,7H2,1-2H3;. The molecule has 0 atom stereocenters. The van der Waals surface area contributed by atoms with Gasteiger partial charge in [-0.25, -0.2) is 4.98 Å². The minimum atomic E-state index is 0. The Kier molecular flexibility index (Phi) is 8.08. The Bertz CT molecular complexity index is 265. The molecule has 14 heavy (non-hydrogen) atoms. The van der Waals surface area contributed by atoms with E-state index in [-0.39, 0.29) is 21.1 Å². The van der Waals surface area contributed by atoms with Gasteiger partial charge in [-0.15, -0.1) is 0 Å². The summed E-state index contributed by atoms with van der Waals surface area (Å²) in [6.45, 7) is 3.22. The van der Waals surface area contributed by atoms with Crippen molar-refractivity contribution in [1.82, 2.24) is 9.55 Å². The van der Waals surface area contributed by atoms with Gasteiger partial charge in [0.1, 0.15) is 11.0 Å². The Labute approximate surface area is 109 Å². The second-order valence-corrected chi connectivity index (χ2v) is 4.21.